The van der Waals surface area contributed by atoms with Gasteiger partial charge >= 0.3 is 5.97 Å². The Kier molecular flexibility index (Phi) is 9.43. The zero-order valence-corrected chi connectivity index (χ0v) is 29.6. The normalized spacial score (nSPS) is 32.9. The van der Waals surface area contributed by atoms with Crippen LogP contribution in [0.2, 0.25) is 0 Å². The van der Waals surface area contributed by atoms with Gasteiger partial charge in [0.2, 0.25) is 0 Å². The Hall–Kier alpha value is -3.41. The highest BCUT2D eigenvalue weighted by molar-refractivity contribution is 8.01. The molecular formula is C37H44N3O6S2+. The van der Waals surface area contributed by atoms with Crippen molar-refractivity contribution in [2.45, 2.75) is 82.9 Å². The van der Waals surface area contributed by atoms with E-state index in [1.54, 1.807) is 12.1 Å². The first-order chi connectivity index (χ1) is 22.8. The standard InChI is InChI=1S/C37H44N3O6S2/c1-6-35(4)19-30(36(5)23(2)11-15-37(24(3)33(35)43)16-12-29(41)32(36)37)46-31(42)22-48-34-38-28(21-47-34)26-13-17-39(18-14-26)20-25-7-9-27(10-8-25)40(44)45/h6-10,13-14,17-18,21,23-24,30,32-33,43H,1,11-12,15-16,19-20,22H2,2-5H3/q+1/t23-,24+,30-,32+,33+,35-,36+,37+/m1/s1. The van der Waals surface area contributed by atoms with Gasteiger partial charge in [0.15, 0.2) is 23.3 Å². The number of nitro groups is 1. The van der Waals surface area contributed by atoms with Gasteiger partial charge in [-0.15, -0.1) is 17.9 Å². The van der Waals surface area contributed by atoms with Crippen molar-refractivity contribution in [3.63, 3.8) is 0 Å². The van der Waals surface area contributed by atoms with Crippen LogP contribution >= 0.6 is 23.1 Å². The van der Waals surface area contributed by atoms with Gasteiger partial charge in [-0.1, -0.05) is 45.5 Å². The average Bonchev–Trinajstić information content (AvgIpc) is 3.70. The minimum atomic E-state index is -0.694. The molecule has 0 saturated heterocycles. The number of carbonyl (C=O) groups excluding carboxylic acids is 2. The fourth-order valence-electron chi connectivity index (χ4n) is 8.94. The number of hydrogen-bond donors (Lipinski definition) is 1. The van der Waals surface area contributed by atoms with Crippen molar-refractivity contribution < 1.29 is 28.9 Å². The van der Waals surface area contributed by atoms with Gasteiger partial charge < -0.3 is 9.84 Å². The molecule has 0 amide bonds. The number of Topliss-reactive ketones (excluding diaryl/α,β-unsaturated/α-hetero) is 1. The van der Waals surface area contributed by atoms with E-state index in [1.165, 1.54) is 35.2 Å². The molecule has 1 N–H and O–H groups in total. The molecule has 3 aliphatic carbocycles. The van der Waals surface area contributed by atoms with Crippen LogP contribution in [0.15, 0.2) is 71.2 Å². The molecule has 0 radical (unpaired) electrons. The molecule has 0 unspecified atom stereocenters. The Morgan fingerprint density at radius 1 is 1.21 bits per heavy atom. The van der Waals surface area contributed by atoms with Gasteiger partial charge in [-0.2, -0.15) is 0 Å². The van der Waals surface area contributed by atoms with Gasteiger partial charge in [0.25, 0.3) is 5.69 Å². The lowest BCUT2D eigenvalue weighted by molar-refractivity contribution is -0.688. The molecule has 2 bridgehead atoms. The summed E-state index contributed by atoms with van der Waals surface area (Å²) in [7, 11) is 0. The first kappa shape index (κ1) is 34.5. The van der Waals surface area contributed by atoms with Crippen molar-refractivity contribution in [3.05, 3.63) is 82.5 Å². The third-order valence-electron chi connectivity index (χ3n) is 12.1. The molecular weight excluding hydrogens is 647 g/mol. The molecule has 3 aliphatic rings. The molecule has 2 heterocycles. The van der Waals surface area contributed by atoms with Crippen LogP contribution in [0, 0.1) is 44.1 Å². The van der Waals surface area contributed by atoms with Crippen LogP contribution in [0.1, 0.15) is 65.4 Å². The van der Waals surface area contributed by atoms with E-state index in [9.17, 15) is 24.8 Å². The van der Waals surface area contributed by atoms with Crippen LogP contribution in [-0.2, 0) is 20.9 Å². The Morgan fingerprint density at radius 2 is 1.92 bits per heavy atom. The van der Waals surface area contributed by atoms with E-state index in [1.807, 2.05) is 47.5 Å². The molecule has 11 heteroatoms. The van der Waals surface area contributed by atoms with E-state index in [4.69, 9.17) is 9.72 Å². The highest BCUT2D eigenvalue weighted by atomic mass is 32.2. The van der Waals surface area contributed by atoms with Gasteiger partial charge in [-0.3, -0.25) is 19.7 Å². The van der Waals surface area contributed by atoms with Gasteiger partial charge in [-0.05, 0) is 55.1 Å². The number of aromatic nitrogens is 2. The van der Waals surface area contributed by atoms with Crippen LogP contribution in [-0.4, -0.2) is 44.7 Å². The Bertz CT molecular complexity index is 1710. The van der Waals surface area contributed by atoms with E-state index in [-0.39, 0.29) is 46.4 Å². The minimum absolute atomic E-state index is 0.0688. The van der Waals surface area contributed by atoms with E-state index >= 15 is 0 Å². The molecule has 0 spiro atoms. The smallest absolute Gasteiger partial charge is 0.316 e. The lowest BCUT2D eigenvalue weighted by Crippen LogP contribution is -2.63. The number of aliphatic hydroxyl groups excluding tert-OH is 1. The van der Waals surface area contributed by atoms with E-state index in [0.29, 0.717) is 19.4 Å². The van der Waals surface area contributed by atoms with Gasteiger partial charge in [0.05, 0.1) is 22.5 Å². The summed E-state index contributed by atoms with van der Waals surface area (Å²) in [5.74, 6) is -0.156. The zero-order chi connectivity index (χ0) is 34.4. The van der Waals surface area contributed by atoms with Crippen LogP contribution in [0.5, 0.6) is 0 Å². The second kappa shape index (κ2) is 13.1. The van der Waals surface area contributed by atoms with Crippen molar-refractivity contribution in [2.75, 3.05) is 5.75 Å². The number of non-ortho nitro benzene ring substituents is 1. The summed E-state index contributed by atoms with van der Waals surface area (Å²) in [6.07, 6.45) is 8.01. The molecule has 9 nitrogen and oxygen atoms in total. The van der Waals surface area contributed by atoms with Crippen molar-refractivity contribution in [1.29, 1.82) is 0 Å². The number of nitro benzene ring substituents is 1. The molecule has 8 atom stereocenters. The summed E-state index contributed by atoms with van der Waals surface area (Å²) in [4.78, 5) is 42.5. The lowest BCUT2D eigenvalue weighted by atomic mass is 9.44. The summed E-state index contributed by atoms with van der Waals surface area (Å²) >= 11 is 2.81. The van der Waals surface area contributed by atoms with Crippen molar-refractivity contribution in [3.8, 4) is 11.3 Å². The number of carbonyl (C=O) groups is 2. The first-order valence-electron chi connectivity index (χ1n) is 16.7. The molecule has 3 saturated carbocycles. The Morgan fingerprint density at radius 3 is 2.58 bits per heavy atom. The summed E-state index contributed by atoms with van der Waals surface area (Å²) < 4.78 is 9.13. The number of rotatable bonds is 9. The first-order valence-corrected chi connectivity index (χ1v) is 18.5. The number of ether oxygens (including phenoxy) is 1. The number of aliphatic hydroxyl groups is 1. The number of thioether (sulfide) groups is 1. The number of ketones is 1. The largest absolute Gasteiger partial charge is 0.461 e. The van der Waals surface area contributed by atoms with Crippen LogP contribution in [0.25, 0.3) is 11.3 Å². The topological polar surface area (TPSA) is 124 Å². The molecule has 254 valence electrons. The number of pyridine rings is 1. The Balaban J connectivity index is 1.14. The summed E-state index contributed by atoms with van der Waals surface area (Å²) in [5, 5.41) is 24.6. The van der Waals surface area contributed by atoms with Gasteiger partial charge in [0.1, 0.15) is 11.9 Å². The quantitative estimate of drug-likeness (QED) is 0.0633. The highest BCUT2D eigenvalue weighted by Crippen LogP contribution is 2.68. The van der Waals surface area contributed by atoms with Crippen LogP contribution in [0.3, 0.4) is 0 Å². The van der Waals surface area contributed by atoms with E-state index in [0.717, 1.165) is 40.4 Å². The SMILES string of the molecule is C=C[C@]1(C)C[C@@H](OC(=O)CSc2nc(-c3cc[n+](Cc4ccc([N+](=O)[O-])cc4)cc3)cs2)[C@]2(C)[C@H](C)CC[C@]3(CCC(=O)[C@H]32)[C@@H](C)[C@@H]1O. The Labute approximate surface area is 290 Å². The molecule has 6 rings (SSSR count). The number of nitrogens with zero attached hydrogens (tertiary/aromatic N) is 3. The maximum atomic E-state index is 13.6. The number of esters is 1. The summed E-state index contributed by atoms with van der Waals surface area (Å²) in [6, 6.07) is 10.5. The van der Waals surface area contributed by atoms with Crippen LogP contribution in [0.4, 0.5) is 5.69 Å². The predicted octanol–water partition coefficient (Wildman–Crippen LogP) is 7.05. The lowest BCUT2D eigenvalue weighted by Gasteiger charge is -2.61. The second-order valence-electron chi connectivity index (χ2n) is 14.5. The molecule has 3 aromatic rings. The van der Waals surface area contributed by atoms with Crippen LogP contribution < -0.4 is 4.57 Å². The number of benzene rings is 1. The van der Waals surface area contributed by atoms with E-state index in [2.05, 4.69) is 27.4 Å². The third kappa shape index (κ3) is 6.02. The summed E-state index contributed by atoms with van der Waals surface area (Å²) in [6.45, 7) is 13.1. The van der Waals surface area contributed by atoms with Crippen molar-refractivity contribution >= 4 is 40.5 Å². The molecule has 0 aliphatic heterocycles. The predicted molar refractivity (Wildman–Crippen MR) is 185 cm³/mol. The zero-order valence-electron chi connectivity index (χ0n) is 28.0. The van der Waals surface area contributed by atoms with E-state index < -0.39 is 28.0 Å². The minimum Gasteiger partial charge on any atom is -0.461 e. The van der Waals surface area contributed by atoms with Crippen molar-refractivity contribution in [1.82, 2.24) is 4.98 Å². The third-order valence-corrected chi connectivity index (χ3v) is 14.1. The molecule has 1 aromatic carbocycles. The van der Waals surface area contributed by atoms with Gasteiger partial charge in [-0.25, -0.2) is 9.55 Å². The monoisotopic (exact) mass is 690 g/mol. The maximum Gasteiger partial charge on any atom is 0.316 e. The number of hydrogen-bond acceptors (Lipinski definition) is 9. The van der Waals surface area contributed by atoms with Gasteiger partial charge in [0, 0.05) is 63.9 Å². The summed E-state index contributed by atoms with van der Waals surface area (Å²) in [5.41, 5.74) is 1.26. The molecule has 3 fully saturated rings. The molecule has 2 aromatic heterocycles. The second-order valence-corrected chi connectivity index (χ2v) is 16.6. The average molecular weight is 691 g/mol. The highest BCUT2D eigenvalue weighted by Gasteiger charge is 2.68. The van der Waals surface area contributed by atoms with Crippen molar-refractivity contribution in [2.24, 2.45) is 34.0 Å². The fraction of sp³-hybridized carbons (Fsp3) is 0.514. The molecule has 48 heavy (non-hydrogen) atoms. The maximum absolute atomic E-state index is 13.6. The fourth-order valence-corrected chi connectivity index (χ4v) is 10.6. The number of thiazole rings is 1.